The van der Waals surface area contributed by atoms with Gasteiger partial charge in [0, 0.05) is 43.6 Å². The van der Waals surface area contributed by atoms with Crippen molar-refractivity contribution < 1.29 is 25.6 Å². The molecule has 1 aliphatic carbocycles. The van der Waals surface area contributed by atoms with Gasteiger partial charge in [0.2, 0.25) is 11.9 Å². The van der Waals surface area contributed by atoms with Crippen LogP contribution in [0.4, 0.5) is 5.95 Å². The first-order chi connectivity index (χ1) is 23.9. The van der Waals surface area contributed by atoms with E-state index in [1.807, 2.05) is 39.0 Å². The van der Waals surface area contributed by atoms with Crippen LogP contribution in [0.15, 0.2) is 18.2 Å². The third kappa shape index (κ3) is 17.7. The molecule has 50 heavy (non-hydrogen) atoms. The highest BCUT2D eigenvalue weighted by atomic mass is 16.7. The lowest BCUT2D eigenvalue weighted by atomic mass is 9.91. The Labute approximate surface area is 310 Å². The van der Waals surface area contributed by atoms with Crippen LogP contribution in [-0.4, -0.2) is 20.6 Å². The quantitative estimate of drug-likeness (QED) is 0.126. The lowest BCUT2D eigenvalue weighted by Crippen LogP contribution is -2.25. The molecule has 0 aliphatic heterocycles. The molecule has 0 saturated heterocycles. The van der Waals surface area contributed by atoms with Crippen LogP contribution in [0.25, 0.3) is 21.5 Å². The highest BCUT2D eigenvalue weighted by Crippen LogP contribution is 2.40. The van der Waals surface area contributed by atoms with Crippen molar-refractivity contribution in [1.82, 2.24) is 9.55 Å². The molecule has 10 nitrogen and oxygen atoms in total. The standard InChI is InChI=1S/C20H29N3O2.C20H6.HN3.O2.11H2/c1-19(2,3)12-16(24)22-18-21-15-11-7-10-14(20(4,5)25)17(15)23(18)13-8-6-9-13;1-3-5-7-9-11-13-15-17-19-20-18-16-14-12-10-8-6-4-2;1-3-2;1-2;;;;;;;;;;;/h7,10-11,13,25H,6,8-9,12H2,1-5H3,(H,21,22,24);1-2H3;1H;;11*1H. The van der Waals surface area contributed by atoms with Crippen molar-refractivity contribution in [3.05, 3.63) is 44.1 Å². The van der Waals surface area contributed by atoms with Gasteiger partial charge in [-0.15, -0.1) is 5.53 Å². The summed E-state index contributed by atoms with van der Waals surface area (Å²) in [7, 11) is 0. The number of hydrogen-bond donors (Lipinski definition) is 3. The van der Waals surface area contributed by atoms with Gasteiger partial charge in [0.05, 0.1) is 16.6 Å². The van der Waals surface area contributed by atoms with E-state index in [1.54, 1.807) is 32.6 Å². The first kappa shape index (κ1) is 43.1. The second kappa shape index (κ2) is 24.3. The van der Waals surface area contributed by atoms with Gasteiger partial charge in [0.25, 0.3) is 0 Å². The lowest BCUT2D eigenvalue weighted by molar-refractivity contribution is -0.117. The molecule has 2 aromatic rings. The van der Waals surface area contributed by atoms with Gasteiger partial charge < -0.3 is 9.67 Å². The van der Waals surface area contributed by atoms with Crippen LogP contribution in [0.2, 0.25) is 0 Å². The Hall–Kier alpha value is -6.93. The largest absolute Gasteiger partial charge is 0.386 e. The van der Waals surface area contributed by atoms with Gasteiger partial charge >= 0.3 is 0 Å². The number of rotatable bonds is 4. The van der Waals surface area contributed by atoms with Crippen LogP contribution in [0.1, 0.15) is 101 Å². The van der Waals surface area contributed by atoms with E-state index in [0.717, 1.165) is 29.4 Å². The minimum Gasteiger partial charge on any atom is -0.386 e. The molecule has 0 bridgehead atoms. The third-order valence-electron chi connectivity index (χ3n) is 5.94. The second-order valence-electron chi connectivity index (χ2n) is 11.5. The number of nitrogens with zero attached hydrogens (tertiary/aromatic N) is 4. The van der Waals surface area contributed by atoms with Crippen molar-refractivity contribution in [3.8, 4) is 107 Å². The summed E-state index contributed by atoms with van der Waals surface area (Å²) in [4.78, 5) is 32.9. The highest BCUT2D eigenvalue weighted by Gasteiger charge is 2.30. The molecule has 1 aromatic heterocycles. The average molecular weight is 687 g/mol. The summed E-state index contributed by atoms with van der Waals surface area (Å²) in [5.74, 6) is 46.2. The minimum atomic E-state index is -0.965. The van der Waals surface area contributed by atoms with Crippen molar-refractivity contribution in [1.29, 1.82) is 5.53 Å². The molecule has 0 unspecified atom stereocenters. The molecule has 1 heterocycles. The molecule has 3 N–H and O–H groups in total. The molecule has 1 amide bonds. The van der Waals surface area contributed by atoms with Gasteiger partial charge in [-0.25, -0.2) is 4.98 Å². The first-order valence-electron chi connectivity index (χ1n) is 14.9. The van der Waals surface area contributed by atoms with Crippen molar-refractivity contribution in [3.63, 3.8) is 0 Å². The SMILES string of the molecule is CC#CC#CC#CC#CC#CC#CC#CC#CC#CC.CC(C)(C)CC(=O)Nc1nc2cccc(C(C)(C)O)c2n1C1CCC1.O=O.[HH].[HH].[HH].[HH].[HH].[HH].[HH].[HH].[HH].[HH].[HH].[N-]=[N+]=N. The molecule has 10 heteroatoms. The molecule has 1 saturated carbocycles. The fourth-order valence-electron chi connectivity index (χ4n) is 3.94. The van der Waals surface area contributed by atoms with Gasteiger partial charge in [0.1, 0.15) is 0 Å². The van der Waals surface area contributed by atoms with E-state index in [1.165, 1.54) is 6.42 Å². The monoisotopic (exact) mass is 686 g/mol. The number of aliphatic hydroxyl groups is 1. The van der Waals surface area contributed by atoms with E-state index in [4.69, 9.17) is 21.0 Å². The van der Waals surface area contributed by atoms with Crippen LogP contribution >= 0.6 is 0 Å². The van der Waals surface area contributed by atoms with Crippen LogP contribution in [-0.2, 0) is 10.4 Å². The molecule has 0 atom stereocenters. The molecule has 0 radical (unpaired) electrons. The number of carbonyl (C=O) groups excluding carboxylic acids is 1. The Morgan fingerprint density at radius 1 is 0.880 bits per heavy atom. The summed E-state index contributed by atoms with van der Waals surface area (Å²) in [6, 6.07) is 6.13. The Bertz CT molecular complexity index is 2080. The van der Waals surface area contributed by atoms with Gasteiger partial charge in [-0.2, -0.15) is 0 Å². The summed E-state index contributed by atoms with van der Waals surface area (Å²) in [5, 5.41) is 13.6. The first-order valence-corrected chi connectivity index (χ1v) is 14.9. The summed E-state index contributed by atoms with van der Waals surface area (Å²) < 4.78 is 2.13. The number of nitrogens with one attached hydrogen (secondary N) is 2. The maximum Gasteiger partial charge on any atom is 0.227 e. The van der Waals surface area contributed by atoms with Crippen molar-refractivity contribution in [2.75, 3.05) is 5.32 Å². The number of imidazole rings is 1. The predicted molar refractivity (Wildman–Crippen MR) is 221 cm³/mol. The number of benzene rings is 1. The molecule has 1 fully saturated rings. The summed E-state index contributed by atoms with van der Waals surface area (Å²) in [6.07, 6.45) is 3.78. The average Bonchev–Trinajstić information content (AvgIpc) is 3.37. The number of amides is 1. The maximum atomic E-state index is 12.5. The van der Waals surface area contributed by atoms with E-state index in [2.05, 4.69) is 121 Å². The van der Waals surface area contributed by atoms with E-state index < -0.39 is 5.60 Å². The number of carbonyl (C=O) groups is 1. The number of aromatic nitrogens is 2. The smallest absolute Gasteiger partial charge is 0.227 e. The fraction of sp³-hybridized carbons (Fsp3) is 0.350. The Balaban J connectivity index is -0.0000000620. The van der Waals surface area contributed by atoms with Crippen molar-refractivity contribution in [2.24, 2.45) is 5.41 Å². The second-order valence-corrected chi connectivity index (χ2v) is 11.5. The van der Waals surface area contributed by atoms with Crippen molar-refractivity contribution >= 4 is 22.9 Å². The summed E-state index contributed by atoms with van der Waals surface area (Å²) >= 11 is 0. The molecule has 1 aromatic carbocycles. The van der Waals surface area contributed by atoms with Crippen LogP contribution in [0.5, 0.6) is 0 Å². The zero-order valence-corrected chi connectivity index (χ0v) is 29.1. The van der Waals surface area contributed by atoms with Gasteiger partial charge in [-0.1, -0.05) is 44.7 Å². The van der Waals surface area contributed by atoms with Gasteiger partial charge in [-0.3, -0.25) is 10.1 Å². The van der Waals surface area contributed by atoms with Crippen LogP contribution in [0.3, 0.4) is 0 Å². The zero-order chi connectivity index (χ0) is 37.8. The normalized spacial score (nSPS) is 9.84. The Morgan fingerprint density at radius 3 is 1.60 bits per heavy atom. The molecular formula is C40H58N6O4. The number of anilines is 1. The Morgan fingerprint density at radius 2 is 1.28 bits per heavy atom. The minimum absolute atomic E-state index is 0. The van der Waals surface area contributed by atoms with Crippen LogP contribution < -0.4 is 5.32 Å². The molecule has 1 aliphatic rings. The van der Waals surface area contributed by atoms with Crippen molar-refractivity contribution in [2.45, 2.75) is 85.8 Å². The molecule has 272 valence electrons. The van der Waals surface area contributed by atoms with Gasteiger partial charge in [-0.05, 0) is 164 Å². The Kier molecular flexibility index (Phi) is 20.9. The third-order valence-corrected chi connectivity index (χ3v) is 5.94. The highest BCUT2D eigenvalue weighted by molar-refractivity contribution is 5.92. The maximum absolute atomic E-state index is 12.5. The fourth-order valence-corrected chi connectivity index (χ4v) is 3.94. The topological polar surface area (TPSA) is 162 Å². The lowest BCUT2D eigenvalue weighted by Gasteiger charge is -2.31. The van der Waals surface area contributed by atoms with E-state index in [0.29, 0.717) is 18.4 Å². The van der Waals surface area contributed by atoms with E-state index in [9.17, 15) is 9.90 Å². The summed E-state index contributed by atoms with van der Waals surface area (Å²) in [5.41, 5.74) is 13.8. The number of fused-ring (bicyclic) bond motifs is 1. The zero-order valence-electron chi connectivity index (χ0n) is 29.1. The molecule has 3 rings (SSSR count). The van der Waals surface area contributed by atoms with E-state index >= 15 is 0 Å². The summed E-state index contributed by atoms with van der Waals surface area (Å²) in [6.45, 7) is 13.1. The van der Waals surface area contributed by atoms with Gasteiger partial charge in [0.15, 0.2) is 0 Å². The molecular weight excluding hydrogens is 628 g/mol. The van der Waals surface area contributed by atoms with Crippen LogP contribution in [0, 0.1) is 127 Å². The molecule has 0 spiro atoms. The number of para-hydroxylation sites is 1. The van der Waals surface area contributed by atoms with E-state index in [-0.39, 0.29) is 27.0 Å². The predicted octanol–water partition coefficient (Wildman–Crippen LogP) is 9.07. The number of hydrogen-bond acceptors (Lipinski definition) is 6.